The number of carbonyl (C=O) groups excluding carboxylic acids is 2. The van der Waals surface area contributed by atoms with Crippen LogP contribution in [0.5, 0.6) is 0 Å². The molecule has 0 fully saturated rings. The molecule has 1 rings (SSSR count). The highest BCUT2D eigenvalue weighted by atomic mass is 16.2. The predicted molar refractivity (Wildman–Crippen MR) is 79.2 cm³/mol. The van der Waals surface area contributed by atoms with Crippen LogP contribution in [0.15, 0.2) is 24.3 Å². The van der Waals surface area contributed by atoms with E-state index >= 15 is 0 Å². The van der Waals surface area contributed by atoms with Gasteiger partial charge in [-0.15, -0.1) is 0 Å². The second-order valence-corrected chi connectivity index (χ2v) is 4.81. The molecule has 5 nitrogen and oxygen atoms in total. The van der Waals surface area contributed by atoms with Gasteiger partial charge >= 0.3 is 0 Å². The van der Waals surface area contributed by atoms with Gasteiger partial charge in [0.2, 0.25) is 5.91 Å². The van der Waals surface area contributed by atoms with E-state index in [0.29, 0.717) is 18.7 Å². The summed E-state index contributed by atoms with van der Waals surface area (Å²) in [6.45, 7) is 4.83. The third-order valence-corrected chi connectivity index (χ3v) is 2.91. The molecule has 0 aliphatic heterocycles. The van der Waals surface area contributed by atoms with E-state index in [0.717, 1.165) is 18.4 Å². The van der Waals surface area contributed by atoms with E-state index in [2.05, 4.69) is 17.6 Å². The molecule has 2 amide bonds. The minimum absolute atomic E-state index is 0.0652. The lowest BCUT2D eigenvalue weighted by molar-refractivity contribution is -0.122. The van der Waals surface area contributed by atoms with E-state index in [1.807, 2.05) is 12.1 Å². The summed E-state index contributed by atoms with van der Waals surface area (Å²) in [5, 5.41) is 5.58. The zero-order chi connectivity index (χ0) is 15.0. The fourth-order valence-corrected chi connectivity index (χ4v) is 1.60. The smallest absolute Gasteiger partial charge is 0.251 e. The zero-order valence-corrected chi connectivity index (χ0v) is 12.1. The van der Waals surface area contributed by atoms with Gasteiger partial charge in [0.25, 0.3) is 5.91 Å². The van der Waals surface area contributed by atoms with Crippen LogP contribution in [0.25, 0.3) is 0 Å². The molecule has 0 spiro atoms. The van der Waals surface area contributed by atoms with Crippen LogP contribution in [0.3, 0.4) is 0 Å². The molecule has 0 radical (unpaired) electrons. The normalized spacial score (nSPS) is 11.8. The van der Waals surface area contributed by atoms with E-state index in [1.165, 1.54) is 0 Å². The maximum Gasteiger partial charge on any atom is 0.251 e. The molecule has 0 heterocycles. The number of nitrogens with two attached hydrogens (primary N) is 1. The van der Waals surface area contributed by atoms with Gasteiger partial charge in [0.05, 0.1) is 6.04 Å². The molecule has 0 unspecified atom stereocenters. The van der Waals surface area contributed by atoms with Crippen molar-refractivity contribution in [2.45, 2.75) is 39.3 Å². The highest BCUT2D eigenvalue weighted by Gasteiger charge is 2.07. The quantitative estimate of drug-likeness (QED) is 0.654. The average Bonchev–Trinajstić information content (AvgIpc) is 2.45. The molecule has 0 saturated carbocycles. The molecule has 0 aromatic heterocycles. The van der Waals surface area contributed by atoms with E-state index < -0.39 is 6.04 Å². The van der Waals surface area contributed by atoms with Crippen molar-refractivity contribution in [3.63, 3.8) is 0 Å². The fourth-order valence-electron chi connectivity index (χ4n) is 1.60. The van der Waals surface area contributed by atoms with Gasteiger partial charge in [0, 0.05) is 18.7 Å². The van der Waals surface area contributed by atoms with E-state index in [4.69, 9.17) is 5.73 Å². The topological polar surface area (TPSA) is 84.2 Å². The van der Waals surface area contributed by atoms with Crippen LogP contribution >= 0.6 is 0 Å². The van der Waals surface area contributed by atoms with Crippen LogP contribution in [-0.2, 0) is 11.3 Å². The monoisotopic (exact) mass is 277 g/mol. The Morgan fingerprint density at radius 3 is 2.40 bits per heavy atom. The highest BCUT2D eigenvalue weighted by molar-refractivity contribution is 5.94. The van der Waals surface area contributed by atoms with Gasteiger partial charge in [-0.25, -0.2) is 0 Å². The van der Waals surface area contributed by atoms with E-state index in [9.17, 15) is 9.59 Å². The third-order valence-electron chi connectivity index (χ3n) is 2.91. The molecule has 0 bridgehead atoms. The molecule has 110 valence electrons. The molecule has 0 aliphatic carbocycles. The number of unbranched alkanes of at least 4 members (excludes halogenated alkanes) is 1. The number of hydrogen-bond acceptors (Lipinski definition) is 3. The minimum atomic E-state index is -0.515. The van der Waals surface area contributed by atoms with Crippen molar-refractivity contribution < 1.29 is 9.59 Å². The Kier molecular flexibility index (Phi) is 6.73. The molecule has 4 N–H and O–H groups in total. The van der Waals surface area contributed by atoms with Gasteiger partial charge in [0.1, 0.15) is 0 Å². The van der Waals surface area contributed by atoms with Gasteiger partial charge in [-0.2, -0.15) is 0 Å². The van der Waals surface area contributed by atoms with Crippen molar-refractivity contribution >= 4 is 11.8 Å². The lowest BCUT2D eigenvalue weighted by Gasteiger charge is -2.08. The van der Waals surface area contributed by atoms with Crippen molar-refractivity contribution in [1.29, 1.82) is 0 Å². The second-order valence-electron chi connectivity index (χ2n) is 4.81. The predicted octanol–water partition coefficient (Wildman–Crippen LogP) is 1.18. The largest absolute Gasteiger partial charge is 0.352 e. The summed E-state index contributed by atoms with van der Waals surface area (Å²) in [5.41, 5.74) is 7.02. The Morgan fingerprint density at radius 1 is 1.20 bits per heavy atom. The Balaban J connectivity index is 2.47. The molecular formula is C15H23N3O2. The number of rotatable bonds is 7. The first-order valence-corrected chi connectivity index (χ1v) is 6.95. The summed E-state index contributed by atoms with van der Waals surface area (Å²) in [5.74, 6) is -0.254. The van der Waals surface area contributed by atoms with Crippen LogP contribution in [-0.4, -0.2) is 24.4 Å². The van der Waals surface area contributed by atoms with Gasteiger partial charge < -0.3 is 16.4 Å². The van der Waals surface area contributed by atoms with Crippen molar-refractivity contribution in [1.82, 2.24) is 10.6 Å². The van der Waals surface area contributed by atoms with E-state index in [-0.39, 0.29) is 11.8 Å². The first-order valence-electron chi connectivity index (χ1n) is 6.95. The average molecular weight is 277 g/mol. The summed E-state index contributed by atoms with van der Waals surface area (Å²) in [4.78, 5) is 23.1. The van der Waals surface area contributed by atoms with Gasteiger partial charge in [-0.3, -0.25) is 9.59 Å². The van der Waals surface area contributed by atoms with E-state index in [1.54, 1.807) is 19.1 Å². The number of benzene rings is 1. The molecule has 1 aromatic carbocycles. The number of amides is 2. The SMILES string of the molecule is CCCCNC(=O)c1ccc(CNC(=O)[C@H](C)N)cc1. The van der Waals surface area contributed by atoms with Crippen LogP contribution < -0.4 is 16.4 Å². The summed E-state index contributed by atoms with van der Waals surface area (Å²) < 4.78 is 0. The van der Waals surface area contributed by atoms with Crippen LogP contribution in [0.2, 0.25) is 0 Å². The summed E-state index contributed by atoms with van der Waals surface area (Å²) in [6.07, 6.45) is 2.03. The van der Waals surface area contributed by atoms with Crippen LogP contribution in [0, 0.1) is 0 Å². The zero-order valence-electron chi connectivity index (χ0n) is 12.1. The van der Waals surface area contributed by atoms with Crippen molar-refractivity contribution in [3.8, 4) is 0 Å². The Hall–Kier alpha value is -1.88. The van der Waals surface area contributed by atoms with Crippen LogP contribution in [0.1, 0.15) is 42.6 Å². The van der Waals surface area contributed by atoms with Crippen molar-refractivity contribution in [2.24, 2.45) is 5.73 Å². The number of hydrogen-bond donors (Lipinski definition) is 3. The maximum absolute atomic E-state index is 11.8. The third kappa shape index (κ3) is 5.40. The number of carbonyl (C=O) groups is 2. The second kappa shape index (κ2) is 8.32. The van der Waals surface area contributed by atoms with Gasteiger partial charge in [0.15, 0.2) is 0 Å². The number of nitrogens with one attached hydrogen (secondary N) is 2. The molecule has 1 atom stereocenters. The summed E-state index contributed by atoms with van der Waals surface area (Å²) >= 11 is 0. The first kappa shape index (κ1) is 16.2. The molecule has 20 heavy (non-hydrogen) atoms. The Morgan fingerprint density at radius 2 is 1.85 bits per heavy atom. The minimum Gasteiger partial charge on any atom is -0.352 e. The summed E-state index contributed by atoms with van der Waals surface area (Å²) in [6, 6.07) is 6.66. The van der Waals surface area contributed by atoms with Crippen molar-refractivity contribution in [2.75, 3.05) is 6.54 Å². The van der Waals surface area contributed by atoms with Crippen LogP contribution in [0.4, 0.5) is 0 Å². The van der Waals surface area contributed by atoms with Gasteiger partial charge in [-0.05, 0) is 31.0 Å². The highest BCUT2D eigenvalue weighted by Crippen LogP contribution is 2.04. The standard InChI is InChI=1S/C15H23N3O2/c1-3-4-9-17-15(20)13-7-5-12(6-8-13)10-18-14(19)11(2)16/h5-8,11H,3-4,9-10,16H2,1-2H3,(H,17,20)(H,18,19)/t11-/m0/s1. The van der Waals surface area contributed by atoms with Crippen molar-refractivity contribution in [3.05, 3.63) is 35.4 Å². The first-order chi connectivity index (χ1) is 9.54. The Bertz CT molecular complexity index is 441. The summed E-state index contributed by atoms with van der Waals surface area (Å²) in [7, 11) is 0. The Labute approximate surface area is 119 Å². The lowest BCUT2D eigenvalue weighted by atomic mass is 10.1. The molecular weight excluding hydrogens is 254 g/mol. The van der Waals surface area contributed by atoms with Gasteiger partial charge in [-0.1, -0.05) is 25.5 Å². The molecule has 5 heteroatoms. The maximum atomic E-state index is 11.8. The lowest BCUT2D eigenvalue weighted by Crippen LogP contribution is -2.37. The fraction of sp³-hybridized carbons (Fsp3) is 0.467. The molecule has 0 aliphatic rings. The molecule has 1 aromatic rings. The molecule has 0 saturated heterocycles.